The van der Waals surface area contributed by atoms with E-state index >= 15 is 0 Å². The first kappa shape index (κ1) is 12.0. The van der Waals surface area contributed by atoms with E-state index in [0.717, 1.165) is 12.2 Å². The molecule has 0 atom stereocenters. The summed E-state index contributed by atoms with van der Waals surface area (Å²) in [7, 11) is 0. The van der Waals surface area contributed by atoms with Gasteiger partial charge in [-0.1, -0.05) is 11.6 Å². The summed E-state index contributed by atoms with van der Waals surface area (Å²) in [6.07, 6.45) is 0. The van der Waals surface area contributed by atoms with Gasteiger partial charge in [-0.15, -0.1) is 0 Å². The van der Waals surface area contributed by atoms with Gasteiger partial charge in [0.2, 0.25) is 0 Å². The molecule has 0 aliphatic rings. The van der Waals surface area contributed by atoms with Gasteiger partial charge in [-0.3, -0.25) is 4.68 Å². The van der Waals surface area contributed by atoms with Crippen LogP contribution in [0.25, 0.3) is 11.3 Å². The number of aromatic nitrogens is 2. The van der Waals surface area contributed by atoms with Crippen LogP contribution in [0.15, 0.2) is 24.3 Å². The molecule has 0 radical (unpaired) electrons. The lowest BCUT2D eigenvalue weighted by atomic mass is 10.1. The number of hydrogen-bond acceptors (Lipinski definition) is 3. The second-order valence-electron chi connectivity index (χ2n) is 3.70. The lowest BCUT2D eigenvalue weighted by Gasteiger charge is -2.01. The summed E-state index contributed by atoms with van der Waals surface area (Å²) in [6, 6.07) is 6.76. The maximum absolute atomic E-state index is 9.79. The van der Waals surface area contributed by atoms with E-state index in [1.807, 2.05) is 17.7 Å². The van der Waals surface area contributed by atoms with Gasteiger partial charge >= 0.3 is 0 Å². The number of rotatable bonds is 3. The number of phenolic OH excluding ortho intramolecular Hbond substituents is 1. The van der Waals surface area contributed by atoms with Crippen LogP contribution in [-0.4, -0.2) is 14.9 Å². The number of hydrogen-bond donors (Lipinski definition) is 2. The Morgan fingerprint density at radius 1 is 1.41 bits per heavy atom. The summed E-state index contributed by atoms with van der Waals surface area (Å²) in [5, 5.41) is 14.8. The Kier molecular flexibility index (Phi) is 3.36. The SMILES string of the molecule is CCn1nc(-c2cc(Cl)ccc2O)cc1CN. The molecule has 2 rings (SSSR count). The number of aryl methyl sites for hydroxylation is 1. The normalized spacial score (nSPS) is 10.8. The van der Waals surface area contributed by atoms with Crippen LogP contribution < -0.4 is 5.73 Å². The van der Waals surface area contributed by atoms with Crippen LogP contribution in [0.5, 0.6) is 5.75 Å². The first-order valence-electron chi connectivity index (χ1n) is 5.41. The van der Waals surface area contributed by atoms with E-state index < -0.39 is 0 Å². The third-order valence-corrected chi connectivity index (χ3v) is 2.84. The Morgan fingerprint density at radius 2 is 2.18 bits per heavy atom. The molecule has 0 amide bonds. The molecule has 0 bridgehead atoms. The molecule has 1 aromatic heterocycles. The second kappa shape index (κ2) is 4.77. The van der Waals surface area contributed by atoms with Crippen molar-refractivity contribution in [3.63, 3.8) is 0 Å². The van der Waals surface area contributed by atoms with Gasteiger partial charge in [-0.2, -0.15) is 5.10 Å². The van der Waals surface area contributed by atoms with Gasteiger partial charge in [0.1, 0.15) is 5.75 Å². The van der Waals surface area contributed by atoms with Crippen LogP contribution in [0, 0.1) is 0 Å². The number of nitrogens with zero attached hydrogens (tertiary/aromatic N) is 2. The van der Waals surface area contributed by atoms with Crippen molar-refractivity contribution in [1.29, 1.82) is 0 Å². The number of halogens is 1. The molecular weight excluding hydrogens is 238 g/mol. The van der Waals surface area contributed by atoms with E-state index in [9.17, 15) is 5.11 Å². The summed E-state index contributed by atoms with van der Waals surface area (Å²) in [5.41, 5.74) is 7.88. The molecule has 3 N–H and O–H groups in total. The first-order chi connectivity index (χ1) is 8.15. The zero-order valence-corrected chi connectivity index (χ0v) is 10.3. The van der Waals surface area contributed by atoms with E-state index in [1.165, 1.54) is 0 Å². The molecular formula is C12H14ClN3O. The highest BCUT2D eigenvalue weighted by atomic mass is 35.5. The summed E-state index contributed by atoms with van der Waals surface area (Å²) in [4.78, 5) is 0. The lowest BCUT2D eigenvalue weighted by molar-refractivity contribution is 0.477. The summed E-state index contributed by atoms with van der Waals surface area (Å²) in [5.74, 6) is 0.165. The van der Waals surface area contributed by atoms with Crippen LogP contribution in [0.1, 0.15) is 12.6 Å². The largest absolute Gasteiger partial charge is 0.507 e. The Hall–Kier alpha value is -1.52. The number of nitrogens with two attached hydrogens (primary N) is 1. The van der Waals surface area contributed by atoms with E-state index in [0.29, 0.717) is 22.8 Å². The minimum atomic E-state index is 0.165. The van der Waals surface area contributed by atoms with Crippen molar-refractivity contribution in [2.45, 2.75) is 20.0 Å². The molecule has 0 unspecified atom stereocenters. The van der Waals surface area contributed by atoms with Gasteiger partial charge in [0, 0.05) is 23.7 Å². The quantitative estimate of drug-likeness (QED) is 0.880. The number of benzene rings is 1. The van der Waals surface area contributed by atoms with Gasteiger partial charge in [0.15, 0.2) is 0 Å². The van der Waals surface area contributed by atoms with Crippen LogP contribution >= 0.6 is 11.6 Å². The topological polar surface area (TPSA) is 64.1 Å². The minimum Gasteiger partial charge on any atom is -0.507 e. The third-order valence-electron chi connectivity index (χ3n) is 2.61. The highest BCUT2D eigenvalue weighted by Gasteiger charge is 2.11. The molecule has 5 heteroatoms. The number of aromatic hydroxyl groups is 1. The van der Waals surface area contributed by atoms with Crippen molar-refractivity contribution in [3.8, 4) is 17.0 Å². The molecule has 4 nitrogen and oxygen atoms in total. The summed E-state index contributed by atoms with van der Waals surface area (Å²) in [6.45, 7) is 3.16. The molecule has 1 heterocycles. The molecule has 0 aliphatic heterocycles. The molecule has 0 saturated heterocycles. The summed E-state index contributed by atoms with van der Waals surface area (Å²) >= 11 is 5.91. The van der Waals surface area contributed by atoms with Crippen LogP contribution in [0.4, 0.5) is 0 Å². The van der Waals surface area contributed by atoms with Crippen LogP contribution in [-0.2, 0) is 13.1 Å². The van der Waals surface area contributed by atoms with Crippen molar-refractivity contribution in [2.75, 3.05) is 0 Å². The van der Waals surface area contributed by atoms with Gasteiger partial charge in [0.25, 0.3) is 0 Å². The maximum atomic E-state index is 9.79. The van der Waals surface area contributed by atoms with Crippen molar-refractivity contribution in [2.24, 2.45) is 5.73 Å². The molecule has 0 aliphatic carbocycles. The van der Waals surface area contributed by atoms with Crippen molar-refractivity contribution < 1.29 is 5.11 Å². The average Bonchev–Trinajstić information content (AvgIpc) is 2.75. The molecule has 90 valence electrons. The maximum Gasteiger partial charge on any atom is 0.125 e. The zero-order valence-electron chi connectivity index (χ0n) is 9.52. The van der Waals surface area contributed by atoms with Gasteiger partial charge in [-0.25, -0.2) is 0 Å². The van der Waals surface area contributed by atoms with Crippen molar-refractivity contribution in [3.05, 3.63) is 35.0 Å². The monoisotopic (exact) mass is 251 g/mol. The third kappa shape index (κ3) is 2.28. The molecule has 17 heavy (non-hydrogen) atoms. The fourth-order valence-electron chi connectivity index (χ4n) is 1.74. The fourth-order valence-corrected chi connectivity index (χ4v) is 1.91. The molecule has 1 aromatic carbocycles. The van der Waals surface area contributed by atoms with Crippen LogP contribution in [0.3, 0.4) is 0 Å². The van der Waals surface area contributed by atoms with E-state index in [1.54, 1.807) is 18.2 Å². The van der Waals surface area contributed by atoms with Gasteiger partial charge in [-0.05, 0) is 31.2 Å². The second-order valence-corrected chi connectivity index (χ2v) is 4.14. The highest BCUT2D eigenvalue weighted by Crippen LogP contribution is 2.31. The minimum absolute atomic E-state index is 0.165. The van der Waals surface area contributed by atoms with Crippen molar-refractivity contribution >= 4 is 11.6 Å². The molecule has 0 fully saturated rings. The first-order valence-corrected chi connectivity index (χ1v) is 5.79. The highest BCUT2D eigenvalue weighted by molar-refractivity contribution is 6.30. The Morgan fingerprint density at radius 3 is 2.76 bits per heavy atom. The Bertz CT molecular complexity index is 515. The van der Waals surface area contributed by atoms with E-state index in [2.05, 4.69) is 5.10 Å². The smallest absolute Gasteiger partial charge is 0.125 e. The molecule has 0 spiro atoms. The molecule has 2 aromatic rings. The van der Waals surface area contributed by atoms with Crippen LogP contribution in [0.2, 0.25) is 5.02 Å². The zero-order chi connectivity index (χ0) is 12.4. The summed E-state index contributed by atoms with van der Waals surface area (Å²) < 4.78 is 1.82. The average molecular weight is 252 g/mol. The number of phenols is 1. The Labute approximate surface area is 105 Å². The Balaban J connectivity index is 2.52. The van der Waals surface area contributed by atoms with Gasteiger partial charge < -0.3 is 10.8 Å². The molecule has 0 saturated carbocycles. The standard InChI is InChI=1S/C12H14ClN3O/c1-2-16-9(7-14)6-11(15-16)10-5-8(13)3-4-12(10)17/h3-6,17H,2,7,14H2,1H3. The predicted octanol–water partition coefficient (Wildman–Crippen LogP) is 2.39. The lowest BCUT2D eigenvalue weighted by Crippen LogP contribution is -2.06. The fraction of sp³-hybridized carbons (Fsp3) is 0.250. The predicted molar refractivity (Wildman–Crippen MR) is 67.9 cm³/mol. The van der Waals surface area contributed by atoms with E-state index in [-0.39, 0.29) is 5.75 Å². The van der Waals surface area contributed by atoms with E-state index in [4.69, 9.17) is 17.3 Å². The van der Waals surface area contributed by atoms with Gasteiger partial charge in [0.05, 0.1) is 11.4 Å². The van der Waals surface area contributed by atoms with Crippen molar-refractivity contribution in [1.82, 2.24) is 9.78 Å².